The summed E-state index contributed by atoms with van der Waals surface area (Å²) in [6.45, 7) is 9.78. The second-order valence-corrected chi connectivity index (χ2v) is 27.7. The number of rotatable bonds is 12. The summed E-state index contributed by atoms with van der Waals surface area (Å²) in [4.78, 5) is 6.50. The third kappa shape index (κ3) is 12.6. The van der Waals surface area contributed by atoms with Gasteiger partial charge >= 0.3 is 0 Å². The lowest BCUT2D eigenvalue weighted by atomic mass is 9.69. The highest BCUT2D eigenvalue weighted by Gasteiger charge is 2.42. The van der Waals surface area contributed by atoms with Gasteiger partial charge in [-0.3, -0.25) is 9.80 Å². The molecule has 4 unspecified atom stereocenters. The zero-order valence-corrected chi connectivity index (χ0v) is 45.0. The maximum Gasteiger partial charge on any atom is 0.219 e. The Morgan fingerprint density at radius 3 is 1.26 bits per heavy atom. The number of aromatic nitrogens is 2. The van der Waals surface area contributed by atoms with Gasteiger partial charge in [-0.2, -0.15) is 0 Å². The molecule has 5 nitrogen and oxygen atoms in total. The highest BCUT2D eigenvalue weighted by atomic mass is 16.4. The van der Waals surface area contributed by atoms with Crippen molar-refractivity contribution < 1.29 is 4.42 Å². The maximum absolute atomic E-state index is 6.47. The molecule has 0 saturated heterocycles. The molecule has 9 aliphatic rings. The first kappa shape index (κ1) is 50.3. The van der Waals surface area contributed by atoms with Crippen LogP contribution in [0.25, 0.3) is 0 Å². The summed E-state index contributed by atoms with van der Waals surface area (Å²) < 4.78 is 6.47. The zero-order chi connectivity index (χ0) is 46.5. The molecule has 0 radical (unpaired) electrons. The predicted octanol–water partition coefficient (Wildman–Crippen LogP) is 17.6. The topological polar surface area (TPSA) is 45.4 Å². The monoisotopic (exact) mass is 935 g/mol. The summed E-state index contributed by atoms with van der Waals surface area (Å²) >= 11 is 0. The molecule has 10 rings (SSSR count). The molecule has 0 amide bonds. The van der Waals surface area contributed by atoms with Crippen LogP contribution in [0, 0.1) is 52.8 Å². The van der Waals surface area contributed by atoms with Crippen LogP contribution in [0.5, 0.6) is 0 Å². The van der Waals surface area contributed by atoms with Crippen LogP contribution in [0.1, 0.15) is 295 Å². The Bertz CT molecular complexity index is 1640. The van der Waals surface area contributed by atoms with Crippen LogP contribution in [-0.2, 0) is 0 Å². The maximum atomic E-state index is 6.47. The van der Waals surface area contributed by atoms with Crippen LogP contribution in [0.3, 0.4) is 0 Å². The molecule has 384 valence electrons. The van der Waals surface area contributed by atoms with Gasteiger partial charge in [-0.15, -0.1) is 10.2 Å². The molecular formula is C63H106N4O. The first-order valence-electron chi connectivity index (χ1n) is 31.3. The lowest BCUT2D eigenvalue weighted by Crippen LogP contribution is -2.53. The van der Waals surface area contributed by atoms with Crippen molar-refractivity contribution in [1.82, 2.24) is 20.0 Å². The summed E-state index contributed by atoms with van der Waals surface area (Å²) in [5, 5.41) is 9.31. The Balaban J connectivity index is 0.667. The van der Waals surface area contributed by atoms with E-state index in [1.807, 2.05) is 0 Å². The van der Waals surface area contributed by atoms with E-state index < -0.39 is 0 Å². The van der Waals surface area contributed by atoms with E-state index in [0.29, 0.717) is 17.3 Å². The Hall–Kier alpha value is -1.20. The molecule has 0 N–H and O–H groups in total. The Kier molecular flexibility index (Phi) is 17.6. The van der Waals surface area contributed by atoms with Crippen molar-refractivity contribution in [2.45, 2.75) is 320 Å². The predicted molar refractivity (Wildman–Crippen MR) is 284 cm³/mol. The average Bonchev–Trinajstić information content (AvgIpc) is 3.88. The third-order valence-electron chi connectivity index (χ3n) is 22.4. The van der Waals surface area contributed by atoms with Crippen LogP contribution in [-0.4, -0.2) is 56.2 Å². The van der Waals surface area contributed by atoms with Gasteiger partial charge in [-0.1, -0.05) is 97.6 Å². The Labute approximate surface area is 419 Å². The van der Waals surface area contributed by atoms with E-state index in [1.165, 1.54) is 231 Å². The van der Waals surface area contributed by atoms with Gasteiger partial charge in [0.15, 0.2) is 0 Å². The zero-order valence-electron chi connectivity index (χ0n) is 45.0. The largest absolute Gasteiger partial charge is 0.425 e. The van der Waals surface area contributed by atoms with Crippen molar-refractivity contribution in [2.75, 3.05) is 0 Å². The van der Waals surface area contributed by atoms with Crippen molar-refractivity contribution in [3.63, 3.8) is 0 Å². The highest BCUT2D eigenvalue weighted by molar-refractivity contribution is 5.03. The molecular weight excluding hydrogens is 829 g/mol. The van der Waals surface area contributed by atoms with Gasteiger partial charge in [0.05, 0.1) is 0 Å². The minimum absolute atomic E-state index is 0.415. The number of hydrogen-bond donors (Lipinski definition) is 0. The van der Waals surface area contributed by atoms with E-state index >= 15 is 0 Å². The summed E-state index contributed by atoms with van der Waals surface area (Å²) in [5.74, 6) is 10.2. The molecule has 4 atom stereocenters. The van der Waals surface area contributed by atoms with Gasteiger partial charge in [0.1, 0.15) is 0 Å². The molecule has 0 aliphatic heterocycles. The van der Waals surface area contributed by atoms with Crippen molar-refractivity contribution in [3.8, 4) is 0 Å². The average molecular weight is 936 g/mol. The van der Waals surface area contributed by atoms with Gasteiger partial charge < -0.3 is 4.42 Å². The van der Waals surface area contributed by atoms with Crippen molar-refractivity contribution >= 4 is 0 Å². The fourth-order valence-corrected chi connectivity index (χ4v) is 18.4. The normalized spacial score (nSPS) is 40.3. The summed E-state index contributed by atoms with van der Waals surface area (Å²) in [7, 11) is 0. The molecule has 9 saturated carbocycles. The van der Waals surface area contributed by atoms with Gasteiger partial charge in [-0.05, 0) is 239 Å². The van der Waals surface area contributed by atoms with E-state index in [1.54, 1.807) is 12.8 Å². The van der Waals surface area contributed by atoms with Crippen molar-refractivity contribution in [1.29, 1.82) is 0 Å². The highest BCUT2D eigenvalue weighted by Crippen LogP contribution is 2.48. The molecule has 1 aromatic rings. The van der Waals surface area contributed by atoms with Gasteiger partial charge in [0.25, 0.3) is 0 Å². The molecule has 0 spiro atoms. The van der Waals surface area contributed by atoms with Crippen LogP contribution in [0.4, 0.5) is 0 Å². The molecule has 9 fully saturated rings. The third-order valence-corrected chi connectivity index (χ3v) is 22.4. The summed E-state index contributed by atoms with van der Waals surface area (Å²) in [6, 6.07) is 5.28. The van der Waals surface area contributed by atoms with E-state index in [-0.39, 0.29) is 0 Å². The van der Waals surface area contributed by atoms with Crippen LogP contribution >= 0.6 is 0 Å². The van der Waals surface area contributed by atoms with Crippen LogP contribution < -0.4 is 0 Å². The molecule has 5 heteroatoms. The lowest BCUT2D eigenvalue weighted by molar-refractivity contribution is -0.00980. The first-order valence-corrected chi connectivity index (χ1v) is 31.3. The van der Waals surface area contributed by atoms with Crippen LogP contribution in [0.2, 0.25) is 0 Å². The van der Waals surface area contributed by atoms with Crippen molar-refractivity contribution in [3.05, 3.63) is 23.9 Å². The molecule has 0 bridgehead atoms. The quantitative estimate of drug-likeness (QED) is 0.195. The molecule has 68 heavy (non-hydrogen) atoms. The molecule has 1 aromatic heterocycles. The standard InChI is InChI=1S/C63H106N4O/c1-45-13-11-19-59(43-45)66(55-15-7-5-8-16-55)57-39-33-50(34-40-57)51-35-41-58(42-36-51)67(56-17-9-6-10-18-56)60-20-12-14-47(44-60)22-21-46-23-25-48(26-24-46)49-27-29-52(30-28-49)61-64-65-62(68-61)53-31-37-54(38-32-53)63(2,3)4/h21-22,45-60H,5-20,23-44H2,1-4H3/b22-21+. The van der Waals surface area contributed by atoms with E-state index in [2.05, 4.69) is 59.8 Å². The Morgan fingerprint density at radius 1 is 0.382 bits per heavy atom. The van der Waals surface area contributed by atoms with Gasteiger partial charge in [-0.25, -0.2) is 0 Å². The Morgan fingerprint density at radius 2 is 0.779 bits per heavy atom. The second-order valence-electron chi connectivity index (χ2n) is 27.7. The summed E-state index contributed by atoms with van der Waals surface area (Å²) in [5.41, 5.74) is 0.415. The number of hydrogen-bond acceptors (Lipinski definition) is 5. The fourth-order valence-electron chi connectivity index (χ4n) is 18.4. The summed E-state index contributed by atoms with van der Waals surface area (Å²) in [6.07, 6.45) is 60.5. The van der Waals surface area contributed by atoms with E-state index in [0.717, 1.165) is 95.4 Å². The van der Waals surface area contributed by atoms with Crippen LogP contribution in [0.15, 0.2) is 16.6 Å². The number of nitrogens with zero attached hydrogens (tertiary/aromatic N) is 4. The first-order chi connectivity index (χ1) is 33.2. The molecule has 9 aliphatic carbocycles. The second kappa shape index (κ2) is 23.8. The fraction of sp³-hybridized carbons (Fsp3) is 0.937. The number of allylic oxidation sites excluding steroid dienone is 2. The minimum Gasteiger partial charge on any atom is -0.425 e. The van der Waals surface area contributed by atoms with Gasteiger partial charge in [0.2, 0.25) is 11.8 Å². The van der Waals surface area contributed by atoms with Crippen molar-refractivity contribution in [2.24, 2.45) is 52.8 Å². The minimum atomic E-state index is 0.415. The van der Waals surface area contributed by atoms with Gasteiger partial charge in [0, 0.05) is 48.1 Å². The molecule has 1 heterocycles. The lowest BCUT2D eigenvalue weighted by Gasteiger charge is -2.51. The SMILES string of the molecule is CC1CCCC(N(C2CCCCC2)C2CCC(C3CCC(N(C4CCCCC4)C4CCCC(/C=C/C5CCC(C6CCC(c7nnc(C8CCC(C(C)(C)C)CC8)o7)CC6)CC5)C4)CC3)CC2)C1. The smallest absolute Gasteiger partial charge is 0.219 e. The molecule has 0 aromatic carbocycles. The van der Waals surface area contributed by atoms with E-state index in [9.17, 15) is 0 Å². The van der Waals surface area contributed by atoms with E-state index in [4.69, 9.17) is 4.42 Å².